The summed E-state index contributed by atoms with van der Waals surface area (Å²) in [6.07, 6.45) is 0. The summed E-state index contributed by atoms with van der Waals surface area (Å²) in [5.74, 6) is 0. The Bertz CT molecular complexity index is 3200. The van der Waals surface area contributed by atoms with Gasteiger partial charge in [0, 0.05) is 44.0 Å². The van der Waals surface area contributed by atoms with E-state index in [1.54, 1.807) is 0 Å². The van der Waals surface area contributed by atoms with Crippen molar-refractivity contribution in [2.75, 3.05) is 4.90 Å². The molecule has 0 aliphatic carbocycles. The standard InChI is InChI=1S/C52H33NO2/c1-2-13-34(14-3-1)35-27-29-37(30-28-35)53(38-31-32-50-46(33-38)41-19-7-8-25-48(41)54-50)47-24-12-21-43(51(47)42-20-10-16-36-15-4-5-17-39(36)42)45-23-11-22-44-40-18-6-9-26-49(40)55-52(44)45/h1-33H. The molecule has 258 valence electrons. The smallest absolute Gasteiger partial charge is 0.143 e. The molecule has 0 radical (unpaired) electrons. The molecule has 11 rings (SSSR count). The predicted molar refractivity (Wildman–Crippen MR) is 229 cm³/mol. The highest BCUT2D eigenvalue weighted by Crippen LogP contribution is 2.49. The van der Waals surface area contributed by atoms with Crippen molar-refractivity contribution in [3.63, 3.8) is 0 Å². The van der Waals surface area contributed by atoms with E-state index in [-0.39, 0.29) is 0 Å². The molecular weight excluding hydrogens is 671 g/mol. The van der Waals surface area contributed by atoms with Gasteiger partial charge in [0.05, 0.1) is 5.69 Å². The molecule has 2 heterocycles. The van der Waals surface area contributed by atoms with Gasteiger partial charge in [-0.3, -0.25) is 0 Å². The fourth-order valence-electron chi connectivity index (χ4n) is 8.35. The van der Waals surface area contributed by atoms with E-state index in [0.717, 1.165) is 83.2 Å². The Balaban J connectivity index is 1.22. The Hall–Kier alpha value is -7.36. The minimum Gasteiger partial charge on any atom is -0.456 e. The molecule has 3 nitrogen and oxygen atoms in total. The fraction of sp³-hybridized carbons (Fsp3) is 0. The van der Waals surface area contributed by atoms with Gasteiger partial charge in [0.15, 0.2) is 0 Å². The molecule has 0 saturated carbocycles. The van der Waals surface area contributed by atoms with E-state index in [9.17, 15) is 0 Å². The maximum Gasteiger partial charge on any atom is 0.143 e. The van der Waals surface area contributed by atoms with Crippen LogP contribution in [0, 0.1) is 0 Å². The molecule has 0 bridgehead atoms. The summed E-state index contributed by atoms with van der Waals surface area (Å²) >= 11 is 0. The van der Waals surface area contributed by atoms with Crippen molar-refractivity contribution in [1.82, 2.24) is 0 Å². The highest BCUT2D eigenvalue weighted by molar-refractivity contribution is 6.14. The van der Waals surface area contributed by atoms with Crippen molar-refractivity contribution < 1.29 is 8.83 Å². The number of benzene rings is 9. The zero-order valence-corrected chi connectivity index (χ0v) is 29.8. The Morgan fingerprint density at radius 2 is 0.891 bits per heavy atom. The van der Waals surface area contributed by atoms with Gasteiger partial charge in [-0.05, 0) is 81.6 Å². The van der Waals surface area contributed by atoms with Crippen molar-refractivity contribution in [1.29, 1.82) is 0 Å². The minimum atomic E-state index is 0.865. The minimum absolute atomic E-state index is 0.865. The summed E-state index contributed by atoms with van der Waals surface area (Å²) in [6.45, 7) is 0. The van der Waals surface area contributed by atoms with Crippen LogP contribution in [-0.4, -0.2) is 0 Å². The number of anilines is 3. The van der Waals surface area contributed by atoms with E-state index < -0.39 is 0 Å². The zero-order chi connectivity index (χ0) is 36.3. The molecule has 0 N–H and O–H groups in total. The molecule has 0 saturated heterocycles. The molecular formula is C52H33NO2. The summed E-state index contributed by atoms with van der Waals surface area (Å²) in [5, 5.41) is 6.77. The SMILES string of the molecule is c1ccc(-c2ccc(N(c3ccc4oc5ccccc5c4c3)c3cccc(-c4cccc5c4oc4ccccc45)c3-c3cccc4ccccc34)cc2)cc1. The van der Waals surface area contributed by atoms with Crippen LogP contribution in [0.25, 0.3) is 88.0 Å². The third kappa shape index (κ3) is 5.13. The largest absolute Gasteiger partial charge is 0.456 e. The zero-order valence-electron chi connectivity index (χ0n) is 29.8. The molecule has 55 heavy (non-hydrogen) atoms. The van der Waals surface area contributed by atoms with Crippen molar-refractivity contribution in [2.24, 2.45) is 0 Å². The van der Waals surface area contributed by atoms with Gasteiger partial charge < -0.3 is 13.7 Å². The Morgan fingerprint density at radius 3 is 1.73 bits per heavy atom. The quantitative estimate of drug-likeness (QED) is 0.173. The third-order valence-electron chi connectivity index (χ3n) is 10.9. The summed E-state index contributed by atoms with van der Waals surface area (Å²) in [7, 11) is 0. The molecule has 2 aromatic heterocycles. The first kappa shape index (κ1) is 31.2. The van der Waals surface area contributed by atoms with Crippen molar-refractivity contribution in [3.05, 3.63) is 200 Å². The number of para-hydroxylation sites is 3. The van der Waals surface area contributed by atoms with Gasteiger partial charge in [-0.15, -0.1) is 0 Å². The maximum absolute atomic E-state index is 6.70. The highest BCUT2D eigenvalue weighted by Gasteiger charge is 2.24. The molecule has 0 spiro atoms. The van der Waals surface area contributed by atoms with E-state index in [2.05, 4.69) is 187 Å². The number of hydrogen-bond acceptors (Lipinski definition) is 3. The Morgan fingerprint density at radius 1 is 0.327 bits per heavy atom. The maximum atomic E-state index is 6.70. The van der Waals surface area contributed by atoms with Crippen molar-refractivity contribution in [3.8, 4) is 33.4 Å². The monoisotopic (exact) mass is 703 g/mol. The van der Waals surface area contributed by atoms with E-state index in [1.807, 2.05) is 18.2 Å². The summed E-state index contributed by atoms with van der Waals surface area (Å²) < 4.78 is 13.0. The first-order valence-electron chi connectivity index (χ1n) is 18.7. The van der Waals surface area contributed by atoms with Crippen LogP contribution in [-0.2, 0) is 0 Å². The van der Waals surface area contributed by atoms with Gasteiger partial charge in [0.2, 0.25) is 0 Å². The molecule has 3 heteroatoms. The normalized spacial score (nSPS) is 11.6. The fourth-order valence-corrected chi connectivity index (χ4v) is 8.35. The van der Waals surface area contributed by atoms with Crippen LogP contribution < -0.4 is 4.90 Å². The first-order chi connectivity index (χ1) is 27.3. The predicted octanol–water partition coefficient (Wildman–Crippen LogP) is 15.1. The Kier molecular flexibility index (Phi) is 7.17. The van der Waals surface area contributed by atoms with Gasteiger partial charge in [-0.25, -0.2) is 0 Å². The molecule has 0 atom stereocenters. The van der Waals surface area contributed by atoms with Gasteiger partial charge in [0.1, 0.15) is 22.3 Å². The Labute approximate surface area is 317 Å². The lowest BCUT2D eigenvalue weighted by molar-refractivity contribution is 0.669. The molecule has 0 aliphatic rings. The average Bonchev–Trinajstić information content (AvgIpc) is 3.83. The van der Waals surface area contributed by atoms with Gasteiger partial charge in [0.25, 0.3) is 0 Å². The van der Waals surface area contributed by atoms with E-state index in [0.29, 0.717) is 0 Å². The van der Waals surface area contributed by atoms with Crippen LogP contribution in [0.2, 0.25) is 0 Å². The van der Waals surface area contributed by atoms with E-state index in [4.69, 9.17) is 8.83 Å². The molecule has 0 fully saturated rings. The summed E-state index contributed by atoms with van der Waals surface area (Å²) in [5.41, 5.74) is 13.4. The first-order valence-corrected chi connectivity index (χ1v) is 18.7. The number of furan rings is 2. The number of fused-ring (bicyclic) bond motifs is 7. The topological polar surface area (TPSA) is 29.5 Å². The number of hydrogen-bond donors (Lipinski definition) is 0. The van der Waals surface area contributed by atoms with Crippen LogP contribution in [0.1, 0.15) is 0 Å². The van der Waals surface area contributed by atoms with E-state index in [1.165, 1.54) is 21.9 Å². The van der Waals surface area contributed by atoms with Crippen LogP contribution in [0.5, 0.6) is 0 Å². The molecule has 0 amide bonds. The summed E-state index contributed by atoms with van der Waals surface area (Å²) in [4.78, 5) is 2.40. The summed E-state index contributed by atoms with van der Waals surface area (Å²) in [6, 6.07) is 71.1. The van der Waals surface area contributed by atoms with Gasteiger partial charge in [-0.2, -0.15) is 0 Å². The van der Waals surface area contributed by atoms with Crippen LogP contribution in [0.4, 0.5) is 17.1 Å². The van der Waals surface area contributed by atoms with Gasteiger partial charge >= 0.3 is 0 Å². The molecule has 9 aromatic carbocycles. The third-order valence-corrected chi connectivity index (χ3v) is 10.9. The second-order valence-corrected chi connectivity index (χ2v) is 14.0. The molecule has 0 aliphatic heterocycles. The second kappa shape index (κ2) is 12.6. The number of nitrogens with zero attached hydrogens (tertiary/aromatic N) is 1. The van der Waals surface area contributed by atoms with Crippen LogP contribution >= 0.6 is 0 Å². The lowest BCUT2D eigenvalue weighted by Crippen LogP contribution is -2.12. The van der Waals surface area contributed by atoms with E-state index >= 15 is 0 Å². The lowest BCUT2D eigenvalue weighted by atomic mass is 9.88. The average molecular weight is 704 g/mol. The highest BCUT2D eigenvalue weighted by atomic mass is 16.3. The van der Waals surface area contributed by atoms with Gasteiger partial charge in [-0.1, -0.05) is 152 Å². The van der Waals surface area contributed by atoms with Crippen LogP contribution in [0.3, 0.4) is 0 Å². The number of rotatable bonds is 6. The molecule has 0 unspecified atom stereocenters. The molecule has 11 aromatic rings. The van der Waals surface area contributed by atoms with Crippen molar-refractivity contribution >= 4 is 71.7 Å². The second-order valence-electron chi connectivity index (χ2n) is 14.0. The van der Waals surface area contributed by atoms with Crippen molar-refractivity contribution in [2.45, 2.75) is 0 Å². The van der Waals surface area contributed by atoms with Crippen LogP contribution in [0.15, 0.2) is 209 Å². The lowest BCUT2D eigenvalue weighted by Gasteiger charge is -2.30.